The lowest BCUT2D eigenvalue weighted by atomic mass is 9.43. The highest BCUT2D eigenvalue weighted by atomic mass is 16.7. The topological polar surface area (TPSA) is 85.2 Å². The Kier molecular flexibility index (Phi) is 2.80. The van der Waals surface area contributed by atoms with Crippen LogP contribution in [0.2, 0.25) is 0 Å². The molecule has 142 valence electrons. The van der Waals surface area contributed by atoms with E-state index in [-0.39, 0.29) is 41.5 Å². The standard InChI is InChI=1S/C20H26O6/c1-9-10-5-11(21)13-19(6-10,15(9)22)17(23)26-12-3-4-18(2)7-24-16-14(18)20(12,13)8-25-16/h10-16,21-22H,1,3-8H2,2H3/t10-,11+,12-,13+,14+,15+,16-,18-,19-,20?/m0/s1. The maximum absolute atomic E-state index is 13.2. The van der Waals surface area contributed by atoms with Gasteiger partial charge in [-0.05, 0) is 42.6 Å². The van der Waals surface area contributed by atoms with E-state index >= 15 is 0 Å². The fourth-order valence-corrected chi connectivity index (χ4v) is 7.96. The second kappa shape index (κ2) is 4.54. The van der Waals surface area contributed by atoms with E-state index in [9.17, 15) is 15.0 Å². The van der Waals surface area contributed by atoms with Crippen molar-refractivity contribution in [3.05, 3.63) is 12.2 Å². The molecule has 3 heterocycles. The molecule has 0 radical (unpaired) electrons. The van der Waals surface area contributed by atoms with Crippen LogP contribution in [0.4, 0.5) is 0 Å². The Balaban J connectivity index is 1.58. The molecule has 6 aliphatic rings. The molecule has 6 nitrogen and oxygen atoms in total. The molecule has 2 N–H and O–H groups in total. The summed E-state index contributed by atoms with van der Waals surface area (Å²) in [5.74, 6) is -0.664. The molecule has 26 heavy (non-hydrogen) atoms. The van der Waals surface area contributed by atoms with Crippen molar-refractivity contribution in [3.8, 4) is 0 Å². The normalized spacial score (nSPS) is 62.5. The molecule has 6 fully saturated rings. The highest BCUT2D eigenvalue weighted by molar-refractivity contribution is 5.82. The van der Waals surface area contributed by atoms with Gasteiger partial charge in [0.05, 0.1) is 25.4 Å². The van der Waals surface area contributed by atoms with Crippen LogP contribution in [0.25, 0.3) is 0 Å². The molecule has 3 saturated heterocycles. The monoisotopic (exact) mass is 362 g/mol. The van der Waals surface area contributed by atoms with E-state index in [2.05, 4.69) is 13.5 Å². The van der Waals surface area contributed by atoms with Crippen LogP contribution in [-0.4, -0.2) is 54.0 Å². The predicted octanol–water partition coefficient (Wildman–Crippen LogP) is 1.01. The maximum atomic E-state index is 13.2. The maximum Gasteiger partial charge on any atom is 0.315 e. The summed E-state index contributed by atoms with van der Waals surface area (Å²) in [6.45, 7) is 7.34. The van der Waals surface area contributed by atoms with Crippen molar-refractivity contribution < 1.29 is 29.2 Å². The first-order valence-corrected chi connectivity index (χ1v) is 9.84. The number of rotatable bonds is 0. The zero-order chi connectivity index (χ0) is 18.1. The van der Waals surface area contributed by atoms with Gasteiger partial charge in [-0.3, -0.25) is 4.79 Å². The molecule has 3 aliphatic heterocycles. The number of hydrogen-bond acceptors (Lipinski definition) is 6. The van der Waals surface area contributed by atoms with Crippen LogP contribution in [0, 0.1) is 34.0 Å². The van der Waals surface area contributed by atoms with E-state index < -0.39 is 23.0 Å². The third-order valence-electron chi connectivity index (χ3n) is 8.88. The molecular formula is C20H26O6. The molecule has 0 aromatic heterocycles. The van der Waals surface area contributed by atoms with E-state index in [1.54, 1.807) is 0 Å². The molecule has 2 spiro atoms. The minimum absolute atomic E-state index is 0.0235. The number of hydrogen-bond donors (Lipinski definition) is 2. The summed E-state index contributed by atoms with van der Waals surface area (Å²) in [6.07, 6.45) is 0.570. The van der Waals surface area contributed by atoms with Gasteiger partial charge < -0.3 is 24.4 Å². The van der Waals surface area contributed by atoms with E-state index in [0.717, 1.165) is 12.8 Å². The van der Waals surface area contributed by atoms with Crippen molar-refractivity contribution in [1.82, 2.24) is 0 Å². The molecule has 6 rings (SSSR count). The Bertz CT molecular complexity index is 721. The average molecular weight is 362 g/mol. The Hall–Kier alpha value is -0.950. The summed E-state index contributed by atoms with van der Waals surface area (Å²) >= 11 is 0. The van der Waals surface area contributed by atoms with Gasteiger partial charge in [0.1, 0.15) is 11.5 Å². The van der Waals surface area contributed by atoms with Gasteiger partial charge in [-0.25, -0.2) is 0 Å². The van der Waals surface area contributed by atoms with Gasteiger partial charge in [0.15, 0.2) is 6.29 Å². The van der Waals surface area contributed by atoms with Crippen LogP contribution in [0.5, 0.6) is 0 Å². The van der Waals surface area contributed by atoms with Crippen molar-refractivity contribution in [2.75, 3.05) is 13.2 Å². The van der Waals surface area contributed by atoms with Crippen LogP contribution >= 0.6 is 0 Å². The number of aliphatic hydroxyl groups is 2. The summed E-state index contributed by atoms with van der Waals surface area (Å²) in [5, 5.41) is 22.3. The first kappa shape index (κ1) is 16.0. The van der Waals surface area contributed by atoms with Crippen LogP contribution < -0.4 is 0 Å². The van der Waals surface area contributed by atoms with Crippen molar-refractivity contribution in [3.63, 3.8) is 0 Å². The zero-order valence-electron chi connectivity index (χ0n) is 15.0. The van der Waals surface area contributed by atoms with Crippen LogP contribution in [0.3, 0.4) is 0 Å². The summed E-state index contributed by atoms with van der Waals surface area (Å²) in [7, 11) is 0. The van der Waals surface area contributed by atoms with Gasteiger partial charge in [-0.2, -0.15) is 0 Å². The lowest BCUT2D eigenvalue weighted by molar-refractivity contribution is -0.259. The molecule has 2 bridgehead atoms. The fourth-order valence-electron chi connectivity index (χ4n) is 7.96. The van der Waals surface area contributed by atoms with Gasteiger partial charge in [0.25, 0.3) is 0 Å². The van der Waals surface area contributed by atoms with Crippen LogP contribution in [0.1, 0.15) is 32.6 Å². The second-order valence-corrected chi connectivity index (χ2v) is 9.87. The van der Waals surface area contributed by atoms with Gasteiger partial charge in [-0.15, -0.1) is 0 Å². The number of carbonyl (C=O) groups excluding carboxylic acids is 1. The third kappa shape index (κ3) is 1.45. The minimum atomic E-state index is -1.09. The average Bonchev–Trinajstić information content (AvgIpc) is 3.22. The Morgan fingerprint density at radius 1 is 1.19 bits per heavy atom. The van der Waals surface area contributed by atoms with E-state index in [0.29, 0.717) is 31.6 Å². The molecule has 6 heteroatoms. The Morgan fingerprint density at radius 3 is 2.77 bits per heavy atom. The molecule has 0 aromatic rings. The molecule has 0 aromatic carbocycles. The number of esters is 1. The molecule has 10 atom stereocenters. The number of carbonyl (C=O) groups is 1. The number of aliphatic hydroxyl groups excluding tert-OH is 2. The van der Waals surface area contributed by atoms with E-state index in [4.69, 9.17) is 14.2 Å². The molecular weight excluding hydrogens is 336 g/mol. The predicted molar refractivity (Wildman–Crippen MR) is 88.6 cm³/mol. The highest BCUT2D eigenvalue weighted by Gasteiger charge is 2.80. The van der Waals surface area contributed by atoms with Crippen LogP contribution in [0.15, 0.2) is 12.2 Å². The first-order valence-electron chi connectivity index (χ1n) is 9.84. The second-order valence-electron chi connectivity index (χ2n) is 9.87. The summed E-state index contributed by atoms with van der Waals surface area (Å²) in [6, 6.07) is 0. The zero-order valence-corrected chi connectivity index (χ0v) is 15.0. The fraction of sp³-hybridized carbons (Fsp3) is 0.850. The summed E-state index contributed by atoms with van der Waals surface area (Å²) in [5.41, 5.74) is -0.942. The third-order valence-corrected chi connectivity index (χ3v) is 8.88. The molecule has 0 amide bonds. The van der Waals surface area contributed by atoms with Gasteiger partial charge in [-0.1, -0.05) is 13.5 Å². The summed E-state index contributed by atoms with van der Waals surface area (Å²) in [4.78, 5) is 13.2. The molecule has 1 unspecified atom stereocenters. The van der Waals surface area contributed by atoms with Gasteiger partial charge in [0, 0.05) is 17.3 Å². The lowest BCUT2D eigenvalue weighted by Gasteiger charge is -2.62. The van der Waals surface area contributed by atoms with Crippen molar-refractivity contribution in [1.29, 1.82) is 0 Å². The lowest BCUT2D eigenvalue weighted by Crippen LogP contribution is -2.71. The van der Waals surface area contributed by atoms with Crippen molar-refractivity contribution in [2.24, 2.45) is 34.0 Å². The van der Waals surface area contributed by atoms with Gasteiger partial charge >= 0.3 is 5.97 Å². The molecule has 3 aliphatic carbocycles. The highest BCUT2D eigenvalue weighted by Crippen LogP contribution is 2.73. The van der Waals surface area contributed by atoms with E-state index in [1.807, 2.05) is 0 Å². The van der Waals surface area contributed by atoms with Crippen molar-refractivity contribution >= 4 is 5.97 Å². The van der Waals surface area contributed by atoms with Crippen molar-refractivity contribution in [2.45, 2.75) is 57.2 Å². The SMILES string of the molecule is C=C1[C@H]2C[C@@H](O)[C@H]3C45CO[C@@H]6OC[C@](C)(CC[C@@H]4OC(=O)[C@]3(C2)[C@@H]1O)[C@@H]65. The van der Waals surface area contributed by atoms with E-state index in [1.165, 1.54) is 0 Å². The first-order chi connectivity index (χ1) is 12.3. The molecule has 3 saturated carbocycles. The summed E-state index contributed by atoms with van der Waals surface area (Å²) < 4.78 is 18.1. The van der Waals surface area contributed by atoms with Gasteiger partial charge in [0.2, 0.25) is 0 Å². The number of ether oxygens (including phenoxy) is 3. The largest absolute Gasteiger partial charge is 0.461 e. The Labute approximate surface area is 152 Å². The Morgan fingerprint density at radius 2 is 1.96 bits per heavy atom. The minimum Gasteiger partial charge on any atom is -0.461 e. The van der Waals surface area contributed by atoms with Crippen LogP contribution in [-0.2, 0) is 19.0 Å². The quantitative estimate of drug-likeness (QED) is 0.494. The smallest absolute Gasteiger partial charge is 0.315 e. The number of fused-ring (bicyclic) bond motifs is 1.